The van der Waals surface area contributed by atoms with Gasteiger partial charge in [-0.3, -0.25) is 19.1 Å². The fourth-order valence-electron chi connectivity index (χ4n) is 5.49. The van der Waals surface area contributed by atoms with E-state index in [9.17, 15) is 14.4 Å². The molecule has 3 aromatic heterocycles. The lowest BCUT2D eigenvalue weighted by atomic mass is 9.51. The zero-order valence-electron chi connectivity index (χ0n) is 28.2. The number of terminal acetylenes is 1. The molecule has 0 aromatic carbocycles. The van der Waals surface area contributed by atoms with Gasteiger partial charge in [-0.25, -0.2) is 18.6 Å². The minimum Gasteiger partial charge on any atom is -0.444 e. The first-order valence-electron chi connectivity index (χ1n) is 15.2. The number of alkyl halides is 1. The second-order valence-corrected chi connectivity index (χ2v) is 14.1. The van der Waals surface area contributed by atoms with Crippen LogP contribution in [0.2, 0.25) is 5.02 Å². The number of likely N-dealkylation sites (tertiary alicyclic amines) is 1. The largest absolute Gasteiger partial charge is 0.444 e. The van der Waals surface area contributed by atoms with Crippen molar-refractivity contribution in [2.45, 2.75) is 77.4 Å². The van der Waals surface area contributed by atoms with Gasteiger partial charge in [0.15, 0.2) is 11.3 Å². The average molecular weight is 664 g/mol. The van der Waals surface area contributed by atoms with Gasteiger partial charge in [-0.05, 0) is 76.0 Å². The van der Waals surface area contributed by atoms with Crippen LogP contribution in [0.5, 0.6) is 0 Å². The van der Waals surface area contributed by atoms with E-state index in [1.54, 1.807) is 46.9 Å². The molecule has 0 radical (unpaired) electrons. The molecule has 246 valence electrons. The molecule has 0 aliphatic carbocycles. The first-order chi connectivity index (χ1) is 21.7. The van der Waals surface area contributed by atoms with E-state index in [1.165, 1.54) is 38.8 Å². The van der Waals surface area contributed by atoms with Crippen LogP contribution in [-0.4, -0.2) is 70.1 Å². The number of halogens is 3. The zero-order valence-corrected chi connectivity index (χ0v) is 28.9. The molecule has 3 aromatic rings. The normalized spacial score (nSPS) is 15.5. The fraction of sp³-hybridized carbons (Fsp3) is 0.424. The molecule has 14 heteroatoms. The number of aryl methyl sites for hydroxylation is 1. The molecule has 0 bridgehead atoms. The molecule has 1 saturated heterocycles. The summed E-state index contributed by atoms with van der Waals surface area (Å²) >= 11 is 6.67. The molecule has 0 unspecified atom stereocenters. The van der Waals surface area contributed by atoms with Crippen LogP contribution < -0.4 is 11.1 Å². The van der Waals surface area contributed by atoms with E-state index in [0.29, 0.717) is 22.5 Å². The predicted octanol–water partition coefficient (Wildman–Crippen LogP) is 3.84. The van der Waals surface area contributed by atoms with Crippen molar-refractivity contribution < 1.29 is 18.3 Å². The van der Waals surface area contributed by atoms with Crippen molar-refractivity contribution in [2.24, 2.45) is 0 Å². The molecule has 0 atom stereocenters. The summed E-state index contributed by atoms with van der Waals surface area (Å²) in [5, 5.41) is -1.68. The second kappa shape index (κ2) is 12.8. The van der Waals surface area contributed by atoms with Crippen molar-refractivity contribution in [3.05, 3.63) is 84.6 Å². The van der Waals surface area contributed by atoms with Crippen molar-refractivity contribution >= 4 is 44.6 Å². The summed E-state index contributed by atoms with van der Waals surface area (Å²) in [6.45, 7) is 11.5. The number of nitrogens with zero attached hydrogens (tertiary/aromatic N) is 5. The van der Waals surface area contributed by atoms with E-state index in [2.05, 4.69) is 15.9 Å². The van der Waals surface area contributed by atoms with E-state index < -0.39 is 39.6 Å². The van der Waals surface area contributed by atoms with Gasteiger partial charge in [-0.1, -0.05) is 31.4 Å². The van der Waals surface area contributed by atoms with Crippen molar-refractivity contribution in [2.75, 3.05) is 13.1 Å². The standard InChI is InChI=1S/C33H38B2ClF2N5O4/c1-9-19(4)10-11-21(37)14-23-22(36)15-24-27(40-23)42(26-20(5)12-13-39-25(26)18(2)3)28(44)29(45)43(24)33(34,35)32(38)16-41(17-32)30(46)47-31(6,7)8/h1,10-13,15,18H,14,16-17,34-35H2,2-8H3/b19-10-,21-11+. The highest BCUT2D eigenvalue weighted by molar-refractivity contribution is 6.39. The number of carbonyl (C=O) groups excluding carboxylic acids is 1. The number of carbonyl (C=O) groups is 1. The number of allylic oxidation sites excluding steroid dienone is 4. The molecule has 4 rings (SSSR count). The van der Waals surface area contributed by atoms with Gasteiger partial charge in [0.05, 0.1) is 40.7 Å². The average Bonchev–Trinajstić information content (AvgIpc) is 2.94. The molecule has 0 N–H and O–H groups in total. The number of amides is 1. The van der Waals surface area contributed by atoms with Gasteiger partial charge < -0.3 is 14.2 Å². The van der Waals surface area contributed by atoms with Crippen LogP contribution in [0, 0.1) is 19.3 Å². The Hall–Kier alpha value is -4.17. The summed E-state index contributed by atoms with van der Waals surface area (Å²) in [6, 6.07) is 3.09. The van der Waals surface area contributed by atoms with Gasteiger partial charge in [0, 0.05) is 18.0 Å². The molecule has 4 heterocycles. The Morgan fingerprint density at radius 3 is 2.45 bits per heavy atom. The van der Waals surface area contributed by atoms with Gasteiger partial charge in [0.25, 0.3) is 0 Å². The SMILES string of the molecule is BC(B)(n1c(=O)c(=O)n(-c2c(C)ccnc2C(C)C)c2nc(C/C(F)=C\C=C(\C)C#C)c(Cl)cc21)C1(F)CN(C(=O)OC(C)(C)C)C1. The maximum atomic E-state index is 16.8. The summed E-state index contributed by atoms with van der Waals surface area (Å²) in [7, 11) is 2.95. The minimum absolute atomic E-state index is 0.00302. The maximum Gasteiger partial charge on any atom is 0.410 e. The van der Waals surface area contributed by atoms with E-state index in [0.717, 1.165) is 9.13 Å². The van der Waals surface area contributed by atoms with Crippen LogP contribution in [0.15, 0.2) is 51.5 Å². The number of hydrogen-bond donors (Lipinski definition) is 0. The molecule has 0 spiro atoms. The molecule has 1 fully saturated rings. The van der Waals surface area contributed by atoms with Gasteiger partial charge in [0.1, 0.15) is 27.1 Å². The topological polar surface area (TPSA) is 99.3 Å². The van der Waals surface area contributed by atoms with Crippen molar-refractivity contribution in [3.63, 3.8) is 0 Å². The lowest BCUT2D eigenvalue weighted by Gasteiger charge is -2.53. The molecule has 1 aliphatic heterocycles. The van der Waals surface area contributed by atoms with Crippen molar-refractivity contribution in [1.29, 1.82) is 0 Å². The molecular formula is C33H38B2ClF2N5O4. The molecular weight excluding hydrogens is 625 g/mol. The lowest BCUT2D eigenvalue weighted by molar-refractivity contribution is -0.0697. The predicted molar refractivity (Wildman–Crippen MR) is 185 cm³/mol. The monoisotopic (exact) mass is 663 g/mol. The van der Waals surface area contributed by atoms with E-state index in [4.69, 9.17) is 22.8 Å². The number of pyridine rings is 2. The third-order valence-electron chi connectivity index (χ3n) is 8.24. The summed E-state index contributed by atoms with van der Waals surface area (Å²) < 4.78 is 39.4. The highest BCUT2D eigenvalue weighted by Gasteiger charge is 2.58. The van der Waals surface area contributed by atoms with Crippen molar-refractivity contribution in [3.8, 4) is 18.0 Å². The number of rotatable bonds is 7. The Bertz CT molecular complexity index is 1980. The third-order valence-corrected chi connectivity index (χ3v) is 8.57. The smallest absolute Gasteiger partial charge is 0.410 e. The number of ether oxygens (including phenoxy) is 1. The van der Waals surface area contributed by atoms with Crippen LogP contribution in [0.4, 0.5) is 13.6 Å². The first-order valence-corrected chi connectivity index (χ1v) is 15.6. The third kappa shape index (κ3) is 6.79. The van der Waals surface area contributed by atoms with Crippen LogP contribution in [-0.2, 0) is 16.5 Å². The number of fused-ring (bicyclic) bond motifs is 1. The van der Waals surface area contributed by atoms with E-state index in [1.807, 2.05) is 13.8 Å². The Labute approximate surface area is 279 Å². The van der Waals surface area contributed by atoms with Gasteiger partial charge in [-0.2, -0.15) is 0 Å². The Balaban J connectivity index is 2.01. The maximum absolute atomic E-state index is 16.8. The summed E-state index contributed by atoms with van der Waals surface area (Å²) in [4.78, 5) is 51.3. The van der Waals surface area contributed by atoms with Gasteiger partial charge in [0.2, 0.25) is 0 Å². The van der Waals surface area contributed by atoms with Crippen LogP contribution in [0.1, 0.15) is 64.4 Å². The Morgan fingerprint density at radius 2 is 1.87 bits per heavy atom. The van der Waals surface area contributed by atoms with Gasteiger partial charge in [-0.15, -0.1) is 6.42 Å². The molecule has 1 aliphatic rings. The zero-order chi connectivity index (χ0) is 35.2. The molecule has 0 saturated carbocycles. The van der Waals surface area contributed by atoms with Gasteiger partial charge >= 0.3 is 17.2 Å². The van der Waals surface area contributed by atoms with Crippen molar-refractivity contribution in [1.82, 2.24) is 24.0 Å². The molecule has 1 amide bonds. The number of hydrogen-bond acceptors (Lipinski definition) is 6. The highest BCUT2D eigenvalue weighted by atomic mass is 35.5. The summed E-state index contributed by atoms with van der Waals surface area (Å²) in [5.74, 6) is 1.65. The summed E-state index contributed by atoms with van der Waals surface area (Å²) in [6.07, 6.45) is 8.57. The Morgan fingerprint density at radius 1 is 1.23 bits per heavy atom. The number of aromatic nitrogens is 4. The first kappa shape index (κ1) is 35.7. The lowest BCUT2D eigenvalue weighted by Crippen LogP contribution is -2.74. The molecule has 47 heavy (non-hydrogen) atoms. The van der Waals surface area contributed by atoms with Crippen LogP contribution in [0.25, 0.3) is 16.9 Å². The van der Waals surface area contributed by atoms with Crippen LogP contribution >= 0.6 is 11.6 Å². The van der Waals surface area contributed by atoms with E-state index in [-0.39, 0.29) is 47.3 Å². The second-order valence-electron chi connectivity index (χ2n) is 13.7. The quantitative estimate of drug-likeness (QED) is 0.165. The summed E-state index contributed by atoms with van der Waals surface area (Å²) in [5.41, 5.74) is -2.85. The van der Waals surface area contributed by atoms with E-state index >= 15 is 8.78 Å². The Kier molecular flexibility index (Phi) is 9.71. The minimum atomic E-state index is -2.15. The molecule has 9 nitrogen and oxygen atoms in total. The van der Waals surface area contributed by atoms with Crippen LogP contribution in [0.3, 0.4) is 0 Å². The fourth-order valence-corrected chi connectivity index (χ4v) is 5.70. The highest BCUT2D eigenvalue weighted by Crippen LogP contribution is 2.39.